The lowest BCUT2D eigenvalue weighted by Gasteiger charge is -2.22. The average molecular weight is 202 g/mol. The van der Waals surface area contributed by atoms with Crippen LogP contribution >= 0.6 is 0 Å². The molecule has 0 unspecified atom stereocenters. The molecule has 1 aromatic carbocycles. The maximum Gasteiger partial charge on any atom is 0.332 e. The maximum absolute atomic E-state index is 11.0. The van der Waals surface area contributed by atoms with Crippen molar-refractivity contribution in [2.24, 2.45) is 5.92 Å². The Morgan fingerprint density at radius 1 is 1.27 bits per heavy atom. The van der Waals surface area contributed by atoms with Crippen molar-refractivity contribution < 1.29 is 9.90 Å². The minimum absolute atomic E-state index is 0.283. The monoisotopic (exact) mass is 202 g/mol. The number of hydrogen-bond donors (Lipinski definition) is 1. The summed E-state index contributed by atoms with van der Waals surface area (Å²) < 4.78 is 0. The van der Waals surface area contributed by atoms with E-state index in [2.05, 4.69) is 13.8 Å². The molecular weight excluding hydrogens is 188 g/mol. The smallest absolute Gasteiger partial charge is 0.332 e. The summed E-state index contributed by atoms with van der Waals surface area (Å²) in [5.41, 5.74) is 1.29. The maximum atomic E-state index is 11.0. The molecular formula is C13H14O2. The third kappa shape index (κ3) is 1.37. The Morgan fingerprint density at radius 2 is 1.87 bits per heavy atom. The highest BCUT2D eigenvalue weighted by molar-refractivity contribution is 5.97. The van der Waals surface area contributed by atoms with Crippen molar-refractivity contribution in [1.29, 1.82) is 0 Å². The number of carboxylic acid groups (broad SMARTS) is 1. The highest BCUT2D eigenvalue weighted by Gasteiger charge is 2.51. The summed E-state index contributed by atoms with van der Waals surface area (Å²) in [6.07, 6.45) is 1.86. The largest absolute Gasteiger partial charge is 0.478 e. The van der Waals surface area contributed by atoms with Gasteiger partial charge in [-0.05, 0) is 11.5 Å². The van der Waals surface area contributed by atoms with Gasteiger partial charge in [-0.25, -0.2) is 4.79 Å². The standard InChI is InChI=1S/C13H14O2/c1-9(2)13(8-11(13)12(14)15)10-6-4-3-5-7-10/h3-9H,1-2H3,(H,14,15)/t13-/m1/s1. The zero-order chi connectivity index (χ0) is 11.1. The van der Waals surface area contributed by atoms with Crippen molar-refractivity contribution in [3.05, 3.63) is 47.5 Å². The molecule has 1 aliphatic rings. The predicted octanol–water partition coefficient (Wildman–Crippen LogP) is 2.61. The molecule has 1 aromatic rings. The van der Waals surface area contributed by atoms with E-state index < -0.39 is 5.97 Å². The van der Waals surface area contributed by atoms with E-state index in [1.54, 1.807) is 0 Å². The fraction of sp³-hybridized carbons (Fsp3) is 0.308. The molecule has 0 saturated carbocycles. The molecule has 0 spiro atoms. The van der Waals surface area contributed by atoms with Gasteiger partial charge in [0.1, 0.15) is 0 Å². The van der Waals surface area contributed by atoms with Gasteiger partial charge in [0.25, 0.3) is 0 Å². The summed E-state index contributed by atoms with van der Waals surface area (Å²) in [4.78, 5) is 11.0. The van der Waals surface area contributed by atoms with Gasteiger partial charge < -0.3 is 5.11 Å². The minimum Gasteiger partial charge on any atom is -0.478 e. The number of benzene rings is 1. The number of hydrogen-bond acceptors (Lipinski definition) is 1. The zero-order valence-corrected chi connectivity index (χ0v) is 8.90. The summed E-state index contributed by atoms with van der Waals surface area (Å²) in [5, 5.41) is 9.03. The normalized spacial score (nSPS) is 23.8. The van der Waals surface area contributed by atoms with Crippen molar-refractivity contribution in [3.8, 4) is 0 Å². The number of aliphatic carboxylic acids is 1. The molecule has 1 aliphatic carbocycles. The Hall–Kier alpha value is -1.57. The molecule has 0 fully saturated rings. The first-order valence-corrected chi connectivity index (χ1v) is 5.11. The highest BCUT2D eigenvalue weighted by Crippen LogP contribution is 2.52. The lowest BCUT2D eigenvalue weighted by Crippen LogP contribution is -2.22. The van der Waals surface area contributed by atoms with E-state index in [0.717, 1.165) is 5.56 Å². The highest BCUT2D eigenvalue weighted by atomic mass is 16.4. The van der Waals surface area contributed by atoms with Crippen molar-refractivity contribution in [2.75, 3.05) is 0 Å². The summed E-state index contributed by atoms with van der Waals surface area (Å²) in [5.74, 6) is -0.515. The topological polar surface area (TPSA) is 37.3 Å². The van der Waals surface area contributed by atoms with Crippen LogP contribution in [0.5, 0.6) is 0 Å². The van der Waals surface area contributed by atoms with E-state index in [-0.39, 0.29) is 11.3 Å². The molecule has 1 N–H and O–H groups in total. The van der Waals surface area contributed by atoms with E-state index >= 15 is 0 Å². The molecule has 2 rings (SSSR count). The summed E-state index contributed by atoms with van der Waals surface area (Å²) in [6, 6.07) is 9.83. The van der Waals surface area contributed by atoms with Crippen LogP contribution in [0.2, 0.25) is 0 Å². The third-order valence-electron chi connectivity index (χ3n) is 3.13. The van der Waals surface area contributed by atoms with Gasteiger partial charge in [-0.1, -0.05) is 50.3 Å². The van der Waals surface area contributed by atoms with Crippen LogP contribution in [-0.4, -0.2) is 11.1 Å². The Labute approximate surface area is 89.2 Å². The Balaban J connectivity index is 2.38. The molecule has 2 heteroatoms. The molecule has 1 atom stereocenters. The fourth-order valence-electron chi connectivity index (χ4n) is 2.19. The van der Waals surface area contributed by atoms with Crippen LogP contribution in [0.4, 0.5) is 0 Å². The second kappa shape index (κ2) is 3.23. The second-order valence-electron chi connectivity index (χ2n) is 4.25. The van der Waals surface area contributed by atoms with Gasteiger partial charge >= 0.3 is 5.97 Å². The van der Waals surface area contributed by atoms with Crippen LogP contribution in [0.3, 0.4) is 0 Å². The Kier molecular flexibility index (Phi) is 2.14. The molecule has 0 saturated heterocycles. The van der Waals surface area contributed by atoms with Crippen LogP contribution in [0.1, 0.15) is 19.4 Å². The second-order valence-corrected chi connectivity index (χ2v) is 4.25. The van der Waals surface area contributed by atoms with Crippen molar-refractivity contribution in [1.82, 2.24) is 0 Å². The van der Waals surface area contributed by atoms with E-state index in [1.165, 1.54) is 0 Å². The fourth-order valence-corrected chi connectivity index (χ4v) is 2.19. The molecule has 0 bridgehead atoms. The van der Waals surface area contributed by atoms with Gasteiger partial charge in [0.2, 0.25) is 0 Å². The van der Waals surface area contributed by atoms with E-state index in [1.807, 2.05) is 36.4 Å². The van der Waals surface area contributed by atoms with Crippen molar-refractivity contribution in [2.45, 2.75) is 19.3 Å². The quantitative estimate of drug-likeness (QED) is 0.818. The van der Waals surface area contributed by atoms with Gasteiger partial charge in [-0.15, -0.1) is 0 Å². The Morgan fingerprint density at radius 3 is 2.27 bits per heavy atom. The molecule has 2 nitrogen and oxygen atoms in total. The van der Waals surface area contributed by atoms with Gasteiger partial charge in [0.05, 0.1) is 0 Å². The van der Waals surface area contributed by atoms with Crippen LogP contribution < -0.4 is 0 Å². The number of carboxylic acids is 1. The van der Waals surface area contributed by atoms with Crippen molar-refractivity contribution in [3.63, 3.8) is 0 Å². The van der Waals surface area contributed by atoms with Crippen LogP contribution in [0.25, 0.3) is 0 Å². The minimum atomic E-state index is -0.799. The number of carbonyl (C=O) groups is 1. The molecule has 15 heavy (non-hydrogen) atoms. The average Bonchev–Trinajstić information content (AvgIpc) is 2.95. The Bertz CT molecular complexity index is 417. The summed E-state index contributed by atoms with van der Waals surface area (Å²) in [7, 11) is 0. The third-order valence-corrected chi connectivity index (χ3v) is 3.13. The van der Waals surface area contributed by atoms with E-state index in [4.69, 9.17) is 5.11 Å². The zero-order valence-electron chi connectivity index (χ0n) is 8.90. The van der Waals surface area contributed by atoms with Crippen LogP contribution in [-0.2, 0) is 10.2 Å². The SMILES string of the molecule is CC(C)[C@@]1(c2ccccc2)C=C1C(=O)O. The van der Waals surface area contributed by atoms with Crippen LogP contribution in [0.15, 0.2) is 42.0 Å². The number of allylic oxidation sites excluding steroid dienone is 1. The molecule has 78 valence electrons. The molecule has 0 amide bonds. The van der Waals surface area contributed by atoms with Crippen molar-refractivity contribution >= 4 is 5.97 Å². The number of rotatable bonds is 3. The lowest BCUT2D eigenvalue weighted by atomic mass is 9.80. The molecule has 0 aromatic heterocycles. The molecule has 0 aliphatic heterocycles. The van der Waals surface area contributed by atoms with Crippen LogP contribution in [0, 0.1) is 5.92 Å². The predicted molar refractivity (Wildman–Crippen MR) is 58.7 cm³/mol. The van der Waals surface area contributed by atoms with E-state index in [0.29, 0.717) is 5.57 Å². The van der Waals surface area contributed by atoms with Gasteiger partial charge in [-0.2, -0.15) is 0 Å². The van der Waals surface area contributed by atoms with Gasteiger partial charge in [0.15, 0.2) is 0 Å². The first-order valence-electron chi connectivity index (χ1n) is 5.11. The van der Waals surface area contributed by atoms with Gasteiger partial charge in [0, 0.05) is 11.0 Å². The lowest BCUT2D eigenvalue weighted by molar-refractivity contribution is -0.132. The molecule has 0 radical (unpaired) electrons. The first-order chi connectivity index (χ1) is 7.09. The first kappa shape index (κ1) is 9.97. The van der Waals surface area contributed by atoms with Gasteiger partial charge in [-0.3, -0.25) is 0 Å². The van der Waals surface area contributed by atoms with E-state index in [9.17, 15) is 4.79 Å². The molecule has 0 heterocycles. The summed E-state index contributed by atoms with van der Waals surface area (Å²) >= 11 is 0. The summed E-state index contributed by atoms with van der Waals surface area (Å²) in [6.45, 7) is 4.11.